The number of aromatic nitrogens is 1. The third-order valence-electron chi connectivity index (χ3n) is 5.76. The summed E-state index contributed by atoms with van der Waals surface area (Å²) in [6.45, 7) is 5.90. The van der Waals surface area contributed by atoms with Crippen molar-refractivity contribution < 1.29 is 49.0 Å². The first-order valence-electron chi connectivity index (χ1n) is 12.7. The molecule has 0 saturated carbocycles. The number of aliphatic hydroxyl groups is 1. The minimum atomic E-state index is -4.03. The van der Waals surface area contributed by atoms with Crippen LogP contribution in [0.3, 0.4) is 0 Å². The molecule has 0 bridgehead atoms. The minimum absolute atomic E-state index is 0. The number of fused-ring (bicyclic) bond motifs is 2. The van der Waals surface area contributed by atoms with Crippen LogP contribution < -0.4 is 0 Å². The largest absolute Gasteiger partial charge is 0.681 e. The summed E-state index contributed by atoms with van der Waals surface area (Å²) in [5, 5.41) is 11.3. The standard InChI is InChI=1S/C14H13N.C12H15FN3O2S.C2H6.CH4O.U/c1-2-9-15-14(6-1)13-8-7-11-4-3-5-12(11)10-13;1-8-4-9-5-10(13)12(6-11(9)15-8)19(17,18)14-7-16(2)3;2*1-2;/h1-2,6-10H,3-5H2;5-8H,4H2,1-3H3;1-2H3;2H,1H3;/q;-1;;;/b;14-7+;;;. The Morgan fingerprint density at radius 1 is 1.05 bits per heavy atom. The minimum Gasteiger partial charge on any atom is -0.681 e. The Hall–Kier alpha value is -2.25. The molecule has 3 aromatic rings. The Morgan fingerprint density at radius 3 is 2.38 bits per heavy atom. The maximum atomic E-state index is 13.9. The van der Waals surface area contributed by atoms with Crippen LogP contribution >= 0.6 is 0 Å². The number of pyridine rings is 1. The maximum Gasteiger partial charge on any atom is 0.286 e. The fraction of sp³-hybridized carbons (Fsp3) is 0.379. The first-order valence-corrected chi connectivity index (χ1v) is 14.1. The van der Waals surface area contributed by atoms with Crippen molar-refractivity contribution in [3.63, 3.8) is 0 Å². The molecule has 1 unspecified atom stereocenters. The normalized spacial score (nSPS) is 14.6. The smallest absolute Gasteiger partial charge is 0.286 e. The zero-order valence-corrected chi connectivity index (χ0v) is 28.5. The molecule has 0 spiro atoms. The third kappa shape index (κ3) is 9.71. The Labute approximate surface area is 256 Å². The average molecular weight is 780 g/mol. The van der Waals surface area contributed by atoms with E-state index in [2.05, 4.69) is 39.0 Å². The predicted octanol–water partition coefficient (Wildman–Crippen LogP) is 5.93. The molecule has 0 fully saturated rings. The van der Waals surface area contributed by atoms with Crippen LogP contribution in [-0.4, -0.2) is 57.0 Å². The first kappa shape index (κ1) is 34.8. The molecule has 10 heteroatoms. The third-order valence-corrected chi connectivity index (χ3v) is 7.00. The van der Waals surface area contributed by atoms with E-state index in [1.54, 1.807) is 14.1 Å². The second-order valence-corrected chi connectivity index (χ2v) is 10.4. The van der Waals surface area contributed by atoms with Gasteiger partial charge in [-0.3, -0.25) is 4.98 Å². The maximum absolute atomic E-state index is 13.9. The molecule has 1 N–H and O–H groups in total. The van der Waals surface area contributed by atoms with Gasteiger partial charge in [0.1, 0.15) is 17.1 Å². The van der Waals surface area contributed by atoms with Crippen LogP contribution in [0.5, 0.6) is 0 Å². The molecule has 7 nitrogen and oxygen atoms in total. The zero-order valence-electron chi connectivity index (χ0n) is 23.5. The molecule has 210 valence electrons. The Kier molecular flexibility index (Phi) is 14.9. The molecule has 39 heavy (non-hydrogen) atoms. The molecule has 1 aliphatic carbocycles. The summed E-state index contributed by atoms with van der Waals surface area (Å²) in [7, 11) is 0.236. The molecule has 1 atom stereocenters. The quantitative estimate of drug-likeness (QED) is 0.262. The molecule has 1 aromatic heterocycles. The van der Waals surface area contributed by atoms with E-state index < -0.39 is 20.7 Å². The summed E-state index contributed by atoms with van der Waals surface area (Å²) >= 11 is 0. The molecule has 2 aromatic carbocycles. The summed E-state index contributed by atoms with van der Waals surface area (Å²) in [5.41, 5.74) is 6.63. The van der Waals surface area contributed by atoms with Crippen LogP contribution in [-0.2, 0) is 29.3 Å². The summed E-state index contributed by atoms with van der Waals surface area (Å²) in [4.78, 5) is 5.41. The number of sulfonamides is 1. The van der Waals surface area contributed by atoms with Gasteiger partial charge >= 0.3 is 0 Å². The fourth-order valence-corrected chi connectivity index (χ4v) is 5.14. The van der Waals surface area contributed by atoms with Gasteiger partial charge in [0.25, 0.3) is 10.0 Å². The van der Waals surface area contributed by atoms with Gasteiger partial charge < -0.3 is 15.3 Å². The van der Waals surface area contributed by atoms with Crippen LogP contribution in [0.2, 0.25) is 0 Å². The van der Waals surface area contributed by atoms with Gasteiger partial charge in [0.15, 0.2) is 0 Å². The monoisotopic (exact) mass is 779 g/mol. The molecular formula is C29H38FN4O3SU-. The Bertz CT molecular complexity index is 1320. The van der Waals surface area contributed by atoms with E-state index in [4.69, 9.17) is 5.11 Å². The number of aliphatic hydroxyl groups excluding tert-OH is 1. The van der Waals surface area contributed by atoms with Crippen LogP contribution in [0.15, 0.2) is 64.0 Å². The van der Waals surface area contributed by atoms with Crippen molar-refractivity contribution in [1.82, 2.24) is 9.88 Å². The van der Waals surface area contributed by atoms with Gasteiger partial charge in [0.2, 0.25) is 0 Å². The Morgan fingerprint density at radius 2 is 1.74 bits per heavy atom. The topological polar surface area (TPSA) is 97.0 Å². The van der Waals surface area contributed by atoms with Crippen molar-refractivity contribution in [1.29, 1.82) is 0 Å². The van der Waals surface area contributed by atoms with Gasteiger partial charge in [0, 0.05) is 64.1 Å². The molecule has 0 saturated heterocycles. The number of rotatable bonds is 4. The summed E-state index contributed by atoms with van der Waals surface area (Å²) in [5.74, 6) is -0.779. The van der Waals surface area contributed by atoms with E-state index in [0.717, 1.165) is 24.7 Å². The van der Waals surface area contributed by atoms with Crippen molar-refractivity contribution in [2.24, 2.45) is 4.40 Å². The summed E-state index contributed by atoms with van der Waals surface area (Å²) in [6, 6.07) is 15.3. The first-order chi connectivity index (χ1) is 18.2. The molecule has 0 amide bonds. The predicted molar refractivity (Wildman–Crippen MR) is 153 cm³/mol. The van der Waals surface area contributed by atoms with Gasteiger partial charge in [-0.1, -0.05) is 50.6 Å². The van der Waals surface area contributed by atoms with Crippen LogP contribution in [0.1, 0.15) is 43.9 Å². The van der Waals surface area contributed by atoms with E-state index in [-0.39, 0.29) is 37.2 Å². The number of hydrogen-bond acceptors (Lipinski definition) is 4. The van der Waals surface area contributed by atoms with E-state index in [9.17, 15) is 12.8 Å². The SMILES string of the molecule is CC.CC1Cc2cc(F)c(S(=O)(=O)/N=C/N(C)C)cc2[N-]1.CO.[U].c1ccc(-c2ccc3c(c2)CCC3)nc1. The molecule has 5 rings (SSSR count). The van der Waals surface area contributed by atoms with Gasteiger partial charge in [-0.05, 0) is 61.1 Å². The summed E-state index contributed by atoms with van der Waals surface area (Å²) < 4.78 is 41.2. The molecule has 1 aliphatic heterocycles. The molecular weight excluding hydrogens is 741 g/mol. The number of halogens is 1. The molecule has 2 heterocycles. The van der Waals surface area contributed by atoms with Crippen molar-refractivity contribution in [2.45, 2.75) is 57.4 Å². The number of benzene rings is 2. The van der Waals surface area contributed by atoms with E-state index >= 15 is 0 Å². The van der Waals surface area contributed by atoms with Crippen LogP contribution in [0.4, 0.5) is 10.1 Å². The van der Waals surface area contributed by atoms with Gasteiger partial charge in [-0.25, -0.2) is 4.39 Å². The van der Waals surface area contributed by atoms with Gasteiger partial charge in [-0.2, -0.15) is 8.42 Å². The summed E-state index contributed by atoms with van der Waals surface area (Å²) in [6.07, 6.45) is 7.40. The number of hydrogen-bond donors (Lipinski definition) is 1. The van der Waals surface area contributed by atoms with Crippen LogP contribution in [0.25, 0.3) is 16.6 Å². The van der Waals surface area contributed by atoms with E-state index in [1.165, 1.54) is 53.0 Å². The number of aryl methyl sites for hydroxylation is 2. The Balaban J connectivity index is 0.000000344. The van der Waals surface area contributed by atoms with Crippen LogP contribution in [0, 0.1) is 36.9 Å². The van der Waals surface area contributed by atoms with Crippen molar-refractivity contribution in [3.05, 3.63) is 82.6 Å². The second kappa shape index (κ2) is 16.8. The second-order valence-electron chi connectivity index (χ2n) is 8.81. The van der Waals surface area contributed by atoms with E-state index in [0.29, 0.717) is 12.1 Å². The van der Waals surface area contributed by atoms with Crippen molar-refractivity contribution in [3.8, 4) is 11.3 Å². The van der Waals surface area contributed by atoms with Crippen molar-refractivity contribution in [2.75, 3.05) is 21.2 Å². The number of nitrogens with zero attached hydrogens (tertiary/aromatic N) is 4. The van der Waals surface area contributed by atoms with Crippen molar-refractivity contribution >= 4 is 22.0 Å². The average Bonchev–Trinajstić information content (AvgIpc) is 3.55. The zero-order chi connectivity index (χ0) is 28.3. The van der Waals surface area contributed by atoms with Gasteiger partial charge in [0.05, 0.1) is 5.69 Å². The molecule has 0 radical (unpaired) electrons. The fourth-order valence-electron chi connectivity index (χ4n) is 4.14. The molecule has 2 aliphatic rings. The van der Waals surface area contributed by atoms with Gasteiger partial charge in [-0.15, -0.1) is 16.1 Å². The van der Waals surface area contributed by atoms with E-state index in [1.807, 2.05) is 39.1 Å².